The normalized spacial score (nSPS) is 24.9. The van der Waals surface area contributed by atoms with E-state index in [9.17, 15) is 18.4 Å². The van der Waals surface area contributed by atoms with Gasteiger partial charge in [0.05, 0.1) is 11.5 Å². The highest BCUT2D eigenvalue weighted by Crippen LogP contribution is 2.36. The van der Waals surface area contributed by atoms with Gasteiger partial charge < -0.3 is 4.74 Å². The molecule has 18 heavy (non-hydrogen) atoms. The Balaban J connectivity index is 1.88. The van der Waals surface area contributed by atoms with Crippen molar-refractivity contribution in [1.82, 2.24) is 5.32 Å². The van der Waals surface area contributed by atoms with E-state index in [2.05, 4.69) is 10.1 Å². The lowest BCUT2D eigenvalue weighted by Crippen LogP contribution is -2.20. The zero-order valence-electron chi connectivity index (χ0n) is 9.58. The number of hydrogen-bond acceptors (Lipinski definition) is 4. The molecule has 0 unspecified atom stereocenters. The second kappa shape index (κ2) is 5.79. The second-order valence-corrected chi connectivity index (χ2v) is 5.30. The number of hydrogen-bond donors (Lipinski definition) is 1. The first kappa shape index (κ1) is 13.5. The van der Waals surface area contributed by atoms with Gasteiger partial charge in [-0.2, -0.15) is 8.78 Å². The number of thioether (sulfide) groups is 1. The minimum Gasteiger partial charge on any atom is -0.323 e. The third-order valence-corrected chi connectivity index (χ3v) is 4.07. The van der Waals surface area contributed by atoms with E-state index in [1.165, 1.54) is 0 Å². The number of imide groups is 1. The Morgan fingerprint density at radius 2 is 2.00 bits per heavy atom. The summed E-state index contributed by atoms with van der Waals surface area (Å²) in [6.07, 6.45) is 2.77. The summed E-state index contributed by atoms with van der Waals surface area (Å²) in [6, 6.07) is 0. The second-order valence-electron chi connectivity index (χ2n) is 4.31. The lowest BCUT2D eigenvalue weighted by Gasteiger charge is -2.24. The Morgan fingerprint density at radius 3 is 2.50 bits per heavy atom. The number of nitrogens with one attached hydrogen (secondary N) is 1. The highest BCUT2D eigenvalue weighted by Gasteiger charge is 2.30. The van der Waals surface area contributed by atoms with Gasteiger partial charge in [-0.25, -0.2) is 0 Å². The monoisotopic (exact) mass is 277 g/mol. The van der Waals surface area contributed by atoms with Crippen LogP contribution in [0.25, 0.3) is 0 Å². The Kier molecular flexibility index (Phi) is 4.34. The summed E-state index contributed by atoms with van der Waals surface area (Å²) in [5.74, 6) is -0.226. The van der Waals surface area contributed by atoms with Gasteiger partial charge in [0.1, 0.15) is 0 Å². The molecule has 0 aromatic carbocycles. The average Bonchev–Trinajstić information content (AvgIpc) is 2.66. The number of amides is 2. The molecule has 0 bridgehead atoms. The highest BCUT2D eigenvalue weighted by atomic mass is 32.2. The smallest absolute Gasteiger partial charge is 0.323 e. The van der Waals surface area contributed by atoms with Gasteiger partial charge in [-0.1, -0.05) is 5.57 Å². The summed E-state index contributed by atoms with van der Waals surface area (Å²) in [5, 5.41) is 1.88. The van der Waals surface area contributed by atoms with Gasteiger partial charge in [0, 0.05) is 0 Å². The van der Waals surface area contributed by atoms with Crippen molar-refractivity contribution in [2.45, 2.75) is 32.3 Å². The Morgan fingerprint density at radius 1 is 1.33 bits per heavy atom. The lowest BCUT2D eigenvalue weighted by molar-refractivity contribution is -0.139. The van der Waals surface area contributed by atoms with Crippen LogP contribution >= 0.6 is 11.8 Å². The van der Waals surface area contributed by atoms with Crippen LogP contribution in [0.15, 0.2) is 10.5 Å². The molecule has 0 spiro atoms. The van der Waals surface area contributed by atoms with Crippen LogP contribution in [0.1, 0.15) is 25.7 Å². The van der Waals surface area contributed by atoms with Crippen LogP contribution in [0.2, 0.25) is 0 Å². The SMILES string of the molecule is O=C1NC(=O)C(=C2CCC(COC(F)F)CC2)S1. The fourth-order valence-corrected chi connectivity index (χ4v) is 3.00. The van der Waals surface area contributed by atoms with Crippen LogP contribution in [0.5, 0.6) is 0 Å². The number of halogens is 2. The van der Waals surface area contributed by atoms with E-state index in [0.717, 1.165) is 17.3 Å². The number of rotatable bonds is 3. The molecule has 1 saturated carbocycles. The molecule has 0 radical (unpaired) electrons. The number of allylic oxidation sites excluding steroid dienone is 1. The fraction of sp³-hybridized carbons (Fsp3) is 0.636. The van der Waals surface area contributed by atoms with Gasteiger partial charge in [0.2, 0.25) is 0 Å². The zero-order chi connectivity index (χ0) is 13.1. The Labute approximate surface area is 107 Å². The van der Waals surface area contributed by atoms with E-state index in [-0.39, 0.29) is 23.7 Å². The van der Waals surface area contributed by atoms with Crippen molar-refractivity contribution in [1.29, 1.82) is 0 Å². The summed E-state index contributed by atoms with van der Waals surface area (Å²) in [7, 11) is 0. The molecule has 1 aliphatic carbocycles. The third kappa shape index (κ3) is 3.29. The average molecular weight is 277 g/mol. The molecular formula is C11H13F2NO3S. The first-order valence-corrected chi connectivity index (χ1v) is 6.53. The Hall–Kier alpha value is -0.950. The summed E-state index contributed by atoms with van der Waals surface area (Å²) in [6.45, 7) is -2.67. The number of carbonyl (C=O) groups excluding carboxylic acids is 2. The molecule has 100 valence electrons. The molecule has 2 aliphatic rings. The van der Waals surface area contributed by atoms with Gasteiger partial charge in [-0.15, -0.1) is 0 Å². The zero-order valence-corrected chi connectivity index (χ0v) is 10.4. The predicted molar refractivity (Wildman–Crippen MR) is 62.1 cm³/mol. The van der Waals surface area contributed by atoms with Crippen LogP contribution in [0.4, 0.5) is 13.6 Å². The number of ether oxygens (including phenoxy) is 1. The standard InChI is InChI=1S/C11H13F2NO3S/c12-10(13)17-5-6-1-3-7(4-2-6)8-9(15)14-11(16)18-8/h6,10H,1-5H2,(H,14,15,16). The Bertz CT molecular complexity index is 388. The maximum absolute atomic E-state index is 11.9. The molecule has 4 nitrogen and oxygen atoms in total. The first-order valence-electron chi connectivity index (χ1n) is 5.71. The van der Waals surface area contributed by atoms with Gasteiger partial charge in [0.15, 0.2) is 0 Å². The predicted octanol–water partition coefficient (Wildman–Crippen LogP) is 2.65. The van der Waals surface area contributed by atoms with E-state index in [0.29, 0.717) is 30.6 Å². The van der Waals surface area contributed by atoms with Crippen molar-refractivity contribution in [3.05, 3.63) is 10.5 Å². The molecule has 2 amide bonds. The molecule has 2 fully saturated rings. The van der Waals surface area contributed by atoms with Crippen LogP contribution in [-0.2, 0) is 9.53 Å². The molecule has 0 aromatic rings. The number of alkyl halides is 2. The maximum Gasteiger partial charge on any atom is 0.345 e. The molecule has 0 atom stereocenters. The molecule has 1 aliphatic heterocycles. The van der Waals surface area contributed by atoms with E-state index in [1.807, 2.05) is 0 Å². The quantitative estimate of drug-likeness (QED) is 0.806. The minimum atomic E-state index is -2.72. The minimum absolute atomic E-state index is 0.0541. The van der Waals surface area contributed by atoms with E-state index in [1.54, 1.807) is 0 Å². The topological polar surface area (TPSA) is 55.4 Å². The largest absolute Gasteiger partial charge is 0.345 e. The number of carbonyl (C=O) groups is 2. The van der Waals surface area contributed by atoms with Gasteiger partial charge in [-0.05, 0) is 43.4 Å². The van der Waals surface area contributed by atoms with E-state index >= 15 is 0 Å². The molecule has 0 aromatic heterocycles. The van der Waals surface area contributed by atoms with E-state index < -0.39 is 6.61 Å². The van der Waals surface area contributed by atoms with Crippen LogP contribution < -0.4 is 5.32 Å². The molecule has 1 heterocycles. The van der Waals surface area contributed by atoms with Gasteiger partial charge in [-0.3, -0.25) is 14.9 Å². The summed E-state index contributed by atoms with van der Waals surface area (Å²) >= 11 is 0.928. The summed E-state index contributed by atoms with van der Waals surface area (Å²) < 4.78 is 28.1. The highest BCUT2D eigenvalue weighted by molar-refractivity contribution is 8.18. The van der Waals surface area contributed by atoms with Crippen LogP contribution in [0.3, 0.4) is 0 Å². The van der Waals surface area contributed by atoms with Crippen molar-refractivity contribution in [2.75, 3.05) is 6.61 Å². The van der Waals surface area contributed by atoms with Gasteiger partial charge >= 0.3 is 6.61 Å². The van der Waals surface area contributed by atoms with Gasteiger partial charge in [0.25, 0.3) is 11.1 Å². The molecular weight excluding hydrogens is 264 g/mol. The third-order valence-electron chi connectivity index (χ3n) is 3.10. The van der Waals surface area contributed by atoms with Crippen LogP contribution in [0, 0.1) is 5.92 Å². The molecule has 1 N–H and O–H groups in total. The van der Waals surface area contributed by atoms with Crippen molar-refractivity contribution in [3.8, 4) is 0 Å². The summed E-state index contributed by atoms with van der Waals surface area (Å²) in [5.41, 5.74) is 0.955. The first-order chi connectivity index (χ1) is 8.56. The van der Waals surface area contributed by atoms with Crippen molar-refractivity contribution < 1.29 is 23.1 Å². The lowest BCUT2D eigenvalue weighted by atomic mass is 9.86. The van der Waals surface area contributed by atoms with E-state index in [4.69, 9.17) is 0 Å². The molecule has 2 rings (SSSR count). The fourth-order valence-electron chi connectivity index (χ4n) is 2.18. The van der Waals surface area contributed by atoms with Crippen molar-refractivity contribution in [2.24, 2.45) is 5.92 Å². The summed E-state index contributed by atoms with van der Waals surface area (Å²) in [4.78, 5) is 23.0. The van der Waals surface area contributed by atoms with Crippen LogP contribution in [-0.4, -0.2) is 24.4 Å². The molecule has 1 saturated heterocycles. The maximum atomic E-state index is 11.9. The molecule has 7 heteroatoms. The van der Waals surface area contributed by atoms with Crippen molar-refractivity contribution >= 4 is 22.9 Å². The van der Waals surface area contributed by atoms with Crippen molar-refractivity contribution in [3.63, 3.8) is 0 Å².